The van der Waals surface area contributed by atoms with Gasteiger partial charge in [-0.05, 0) is 85.2 Å². The second-order valence-electron chi connectivity index (χ2n) is 13.1. The Labute approximate surface area is 174 Å². The summed E-state index contributed by atoms with van der Waals surface area (Å²) in [5.74, 6) is 4.18. The standard InChI is InChI=1S/C25H44O2Si/c1-16-12-20-21(24(20,5)6)19-14-17(15-27-28(7,8)23(2,3)4)13-18-10-9-11-25(16,18)22(19)26/h16-21H,9-15H2,1-8H3/t16-,17-,18+,19+,20-,21+,25+/m1/s1. The van der Waals surface area contributed by atoms with Crippen LogP contribution in [0.15, 0.2) is 0 Å². The first kappa shape index (κ1) is 21.1. The largest absolute Gasteiger partial charge is 0.417 e. The fourth-order valence-corrected chi connectivity index (χ4v) is 8.66. The Hall–Kier alpha value is -0.153. The summed E-state index contributed by atoms with van der Waals surface area (Å²) in [5, 5.41) is 0.258. The molecule has 4 saturated carbocycles. The third-order valence-corrected chi connectivity index (χ3v) is 14.9. The van der Waals surface area contributed by atoms with Gasteiger partial charge in [0.1, 0.15) is 5.78 Å². The summed E-state index contributed by atoms with van der Waals surface area (Å²) >= 11 is 0. The fraction of sp³-hybridized carbons (Fsp3) is 0.960. The monoisotopic (exact) mass is 404 g/mol. The number of hydrogen-bond acceptors (Lipinski definition) is 2. The van der Waals surface area contributed by atoms with E-state index in [-0.39, 0.29) is 10.5 Å². The van der Waals surface area contributed by atoms with E-state index >= 15 is 0 Å². The van der Waals surface area contributed by atoms with E-state index in [1.54, 1.807) is 0 Å². The molecule has 0 aromatic carbocycles. The van der Waals surface area contributed by atoms with Crippen molar-refractivity contribution in [1.29, 1.82) is 0 Å². The van der Waals surface area contributed by atoms with Crippen LogP contribution in [0.2, 0.25) is 18.1 Å². The van der Waals surface area contributed by atoms with Crippen LogP contribution in [-0.4, -0.2) is 20.7 Å². The molecule has 28 heavy (non-hydrogen) atoms. The van der Waals surface area contributed by atoms with Crippen LogP contribution >= 0.6 is 0 Å². The van der Waals surface area contributed by atoms with Crippen molar-refractivity contribution in [2.24, 2.45) is 46.3 Å². The lowest BCUT2D eigenvalue weighted by molar-refractivity contribution is -0.138. The van der Waals surface area contributed by atoms with Crippen molar-refractivity contribution < 1.29 is 9.22 Å². The number of carbonyl (C=O) groups excluding carboxylic acids is 1. The number of Topliss-reactive ketones (excluding diaryl/α,β-unsaturated/α-hetero) is 1. The molecule has 0 aromatic heterocycles. The van der Waals surface area contributed by atoms with Gasteiger partial charge >= 0.3 is 0 Å². The molecule has 0 N–H and O–H groups in total. The van der Waals surface area contributed by atoms with Crippen molar-refractivity contribution >= 4 is 14.1 Å². The number of carbonyl (C=O) groups is 1. The molecule has 0 aromatic rings. The third kappa shape index (κ3) is 2.93. The molecule has 4 aliphatic carbocycles. The Morgan fingerprint density at radius 1 is 1.14 bits per heavy atom. The third-order valence-electron chi connectivity index (χ3n) is 10.4. The number of ketones is 1. The molecule has 4 fully saturated rings. The van der Waals surface area contributed by atoms with Crippen LogP contribution in [0, 0.1) is 46.3 Å². The van der Waals surface area contributed by atoms with E-state index in [4.69, 9.17) is 4.43 Å². The average Bonchev–Trinajstić information content (AvgIpc) is 2.96. The molecule has 0 amide bonds. The van der Waals surface area contributed by atoms with Crippen LogP contribution in [0.3, 0.4) is 0 Å². The van der Waals surface area contributed by atoms with Crippen LogP contribution in [0.4, 0.5) is 0 Å². The fourth-order valence-electron chi connectivity index (χ4n) is 7.57. The second-order valence-corrected chi connectivity index (χ2v) is 17.9. The number of rotatable bonds is 3. The average molecular weight is 405 g/mol. The molecular formula is C25H44O2Si. The zero-order chi connectivity index (χ0) is 20.7. The maximum absolute atomic E-state index is 14.1. The maximum atomic E-state index is 14.1. The molecule has 0 heterocycles. The molecule has 0 saturated heterocycles. The summed E-state index contributed by atoms with van der Waals surface area (Å²) in [6.07, 6.45) is 7.34. The summed E-state index contributed by atoms with van der Waals surface area (Å²) in [7, 11) is -1.73. The Kier molecular flexibility index (Phi) is 4.84. The van der Waals surface area contributed by atoms with E-state index in [1.165, 1.54) is 32.1 Å². The first-order valence-electron chi connectivity index (χ1n) is 12.0. The highest BCUT2D eigenvalue weighted by Gasteiger charge is 2.69. The Balaban J connectivity index is 1.61. The summed E-state index contributed by atoms with van der Waals surface area (Å²) in [4.78, 5) is 14.1. The van der Waals surface area contributed by atoms with Gasteiger partial charge in [0.25, 0.3) is 0 Å². The quantitative estimate of drug-likeness (QED) is 0.489. The van der Waals surface area contributed by atoms with Gasteiger partial charge in [-0.15, -0.1) is 0 Å². The molecule has 1 spiro atoms. The highest BCUT2D eigenvalue weighted by Crippen LogP contribution is 2.72. The van der Waals surface area contributed by atoms with E-state index in [1.807, 2.05) is 0 Å². The molecule has 2 bridgehead atoms. The van der Waals surface area contributed by atoms with Crippen LogP contribution in [0.1, 0.15) is 80.1 Å². The van der Waals surface area contributed by atoms with Gasteiger partial charge < -0.3 is 4.43 Å². The highest BCUT2D eigenvalue weighted by molar-refractivity contribution is 6.74. The van der Waals surface area contributed by atoms with Crippen LogP contribution in [-0.2, 0) is 9.22 Å². The van der Waals surface area contributed by atoms with Gasteiger partial charge in [-0.1, -0.05) is 48.0 Å². The van der Waals surface area contributed by atoms with Gasteiger partial charge in [0, 0.05) is 17.9 Å². The van der Waals surface area contributed by atoms with E-state index in [2.05, 4.69) is 54.6 Å². The van der Waals surface area contributed by atoms with Gasteiger partial charge in [0.2, 0.25) is 0 Å². The van der Waals surface area contributed by atoms with Crippen molar-refractivity contribution in [1.82, 2.24) is 0 Å². The lowest BCUT2D eigenvalue weighted by Crippen LogP contribution is -2.43. The zero-order valence-corrected chi connectivity index (χ0v) is 20.7. The Morgan fingerprint density at radius 2 is 1.82 bits per heavy atom. The van der Waals surface area contributed by atoms with E-state index < -0.39 is 8.32 Å². The van der Waals surface area contributed by atoms with Gasteiger partial charge in [0.15, 0.2) is 8.32 Å². The first-order chi connectivity index (χ1) is 12.8. The summed E-state index contributed by atoms with van der Waals surface area (Å²) in [6, 6.07) is 0. The maximum Gasteiger partial charge on any atom is 0.191 e. The molecule has 3 heteroatoms. The molecule has 0 unspecified atom stereocenters. The second kappa shape index (κ2) is 6.42. The van der Waals surface area contributed by atoms with Crippen molar-refractivity contribution in [2.75, 3.05) is 6.61 Å². The van der Waals surface area contributed by atoms with E-state index in [0.717, 1.165) is 18.9 Å². The molecule has 7 atom stereocenters. The molecule has 160 valence electrons. The molecule has 0 radical (unpaired) electrons. The van der Waals surface area contributed by atoms with Gasteiger partial charge in [0.05, 0.1) is 0 Å². The topological polar surface area (TPSA) is 26.3 Å². The normalized spacial score (nSPS) is 45.1. The summed E-state index contributed by atoms with van der Waals surface area (Å²) in [6.45, 7) is 19.9. The SMILES string of the molecule is C[C@@H]1C[C@@H]2[C@H]([C@@H]3C[C@H](CO[Si](C)(C)C(C)(C)C)C[C@@H]4CCC[C@@]41C3=O)C2(C)C. The first-order valence-corrected chi connectivity index (χ1v) is 14.9. The predicted octanol–water partition coefficient (Wildman–Crippen LogP) is 6.70. The smallest absolute Gasteiger partial charge is 0.191 e. The number of hydrogen-bond donors (Lipinski definition) is 0. The molecule has 4 aliphatic rings. The zero-order valence-electron chi connectivity index (χ0n) is 19.7. The van der Waals surface area contributed by atoms with Crippen LogP contribution in [0.25, 0.3) is 0 Å². The minimum atomic E-state index is -1.73. The lowest BCUT2D eigenvalue weighted by Gasteiger charge is -2.40. The molecule has 2 nitrogen and oxygen atoms in total. The van der Waals surface area contributed by atoms with Crippen molar-refractivity contribution in [3.63, 3.8) is 0 Å². The molecule has 0 aliphatic heterocycles. The predicted molar refractivity (Wildman–Crippen MR) is 119 cm³/mol. The van der Waals surface area contributed by atoms with Crippen molar-refractivity contribution in [3.05, 3.63) is 0 Å². The minimum Gasteiger partial charge on any atom is -0.417 e. The Morgan fingerprint density at radius 3 is 2.46 bits per heavy atom. The van der Waals surface area contributed by atoms with Crippen molar-refractivity contribution in [3.8, 4) is 0 Å². The van der Waals surface area contributed by atoms with Gasteiger partial charge in [-0.25, -0.2) is 0 Å². The van der Waals surface area contributed by atoms with Crippen LogP contribution < -0.4 is 0 Å². The summed E-state index contributed by atoms with van der Waals surface area (Å²) in [5.41, 5.74) is 0.388. The van der Waals surface area contributed by atoms with E-state index in [0.29, 0.717) is 40.8 Å². The lowest BCUT2D eigenvalue weighted by atomic mass is 9.62. The van der Waals surface area contributed by atoms with Crippen LogP contribution in [0.5, 0.6) is 0 Å². The molecular weight excluding hydrogens is 360 g/mol. The highest BCUT2D eigenvalue weighted by atomic mass is 28.4. The minimum absolute atomic E-state index is 0.0138. The summed E-state index contributed by atoms with van der Waals surface area (Å²) < 4.78 is 6.71. The van der Waals surface area contributed by atoms with E-state index in [9.17, 15) is 4.79 Å². The van der Waals surface area contributed by atoms with Crippen molar-refractivity contribution in [2.45, 2.75) is 98.2 Å². The number of fused-ring (bicyclic) bond motifs is 3. The Bertz CT molecular complexity index is 645. The molecule has 4 rings (SSSR count). The van der Waals surface area contributed by atoms with Gasteiger partial charge in [-0.3, -0.25) is 4.79 Å². The van der Waals surface area contributed by atoms with Gasteiger partial charge in [-0.2, -0.15) is 0 Å².